The molecule has 0 aliphatic heterocycles. The predicted octanol–water partition coefficient (Wildman–Crippen LogP) is 0.964. The van der Waals surface area contributed by atoms with Gasteiger partial charge in [0.25, 0.3) is 0 Å². The SMILES string of the molecule is CCC(C)(C#N)C(=O)N(CCOC)CCC(=O)OC. The zero-order valence-electron chi connectivity index (χ0n) is 12.1. The van der Waals surface area contributed by atoms with Crippen LogP contribution in [0.25, 0.3) is 0 Å². The van der Waals surface area contributed by atoms with Gasteiger partial charge in [-0.15, -0.1) is 0 Å². The molecule has 1 unspecified atom stereocenters. The summed E-state index contributed by atoms with van der Waals surface area (Å²) in [5, 5.41) is 9.13. The predicted molar refractivity (Wildman–Crippen MR) is 69.1 cm³/mol. The molecule has 0 heterocycles. The van der Waals surface area contributed by atoms with Crippen molar-refractivity contribution in [2.45, 2.75) is 26.7 Å². The van der Waals surface area contributed by atoms with Crippen molar-refractivity contribution in [3.8, 4) is 6.07 Å². The summed E-state index contributed by atoms with van der Waals surface area (Å²) in [6.45, 7) is 4.33. The van der Waals surface area contributed by atoms with Gasteiger partial charge < -0.3 is 14.4 Å². The average Bonchev–Trinajstić information content (AvgIpc) is 2.45. The number of ether oxygens (including phenoxy) is 2. The summed E-state index contributed by atoms with van der Waals surface area (Å²) in [7, 11) is 2.83. The molecule has 0 saturated heterocycles. The highest BCUT2D eigenvalue weighted by atomic mass is 16.5. The summed E-state index contributed by atoms with van der Waals surface area (Å²) in [6.07, 6.45) is 0.529. The van der Waals surface area contributed by atoms with Crippen LogP contribution in [-0.4, -0.2) is 50.7 Å². The Kier molecular flexibility index (Phi) is 7.77. The first-order valence-corrected chi connectivity index (χ1v) is 6.21. The first kappa shape index (κ1) is 17.4. The molecule has 1 atom stereocenters. The summed E-state index contributed by atoms with van der Waals surface area (Å²) < 4.78 is 9.49. The minimum Gasteiger partial charge on any atom is -0.469 e. The number of hydrogen-bond acceptors (Lipinski definition) is 5. The molecule has 108 valence electrons. The number of nitriles is 1. The lowest BCUT2D eigenvalue weighted by Gasteiger charge is -2.29. The number of rotatable bonds is 8. The molecule has 0 aromatic rings. The minimum atomic E-state index is -1.07. The summed E-state index contributed by atoms with van der Waals surface area (Å²) >= 11 is 0. The topological polar surface area (TPSA) is 79.6 Å². The van der Waals surface area contributed by atoms with Crippen LogP contribution in [0.15, 0.2) is 0 Å². The number of methoxy groups -OCH3 is 2. The molecule has 0 aromatic carbocycles. The van der Waals surface area contributed by atoms with E-state index < -0.39 is 5.41 Å². The Labute approximate surface area is 114 Å². The molecule has 0 bridgehead atoms. The van der Waals surface area contributed by atoms with Crippen LogP contribution in [0.2, 0.25) is 0 Å². The maximum atomic E-state index is 12.3. The quantitative estimate of drug-likeness (QED) is 0.614. The van der Waals surface area contributed by atoms with Crippen molar-refractivity contribution in [2.75, 3.05) is 33.9 Å². The third-order valence-corrected chi connectivity index (χ3v) is 3.09. The molecule has 0 aromatic heterocycles. The Morgan fingerprint density at radius 2 is 1.95 bits per heavy atom. The van der Waals surface area contributed by atoms with E-state index in [1.807, 2.05) is 6.07 Å². The number of hydrogen-bond donors (Lipinski definition) is 0. The smallest absolute Gasteiger partial charge is 0.307 e. The van der Waals surface area contributed by atoms with Crippen molar-refractivity contribution in [1.29, 1.82) is 5.26 Å². The van der Waals surface area contributed by atoms with Crippen molar-refractivity contribution in [2.24, 2.45) is 5.41 Å². The number of esters is 1. The van der Waals surface area contributed by atoms with Crippen LogP contribution < -0.4 is 0 Å². The molecule has 0 rings (SSSR count). The average molecular weight is 270 g/mol. The summed E-state index contributed by atoms with van der Waals surface area (Å²) in [4.78, 5) is 25.0. The fraction of sp³-hybridized carbons (Fsp3) is 0.769. The van der Waals surface area contributed by atoms with Crippen LogP contribution >= 0.6 is 0 Å². The molecule has 19 heavy (non-hydrogen) atoms. The number of nitrogens with zero attached hydrogens (tertiary/aromatic N) is 2. The zero-order valence-corrected chi connectivity index (χ0v) is 12.1. The minimum absolute atomic E-state index is 0.108. The molecule has 0 saturated carbocycles. The van der Waals surface area contributed by atoms with Gasteiger partial charge in [-0.05, 0) is 13.3 Å². The molecule has 6 heteroatoms. The van der Waals surface area contributed by atoms with E-state index in [1.54, 1.807) is 13.8 Å². The van der Waals surface area contributed by atoms with E-state index in [9.17, 15) is 9.59 Å². The van der Waals surface area contributed by atoms with Crippen LogP contribution in [0, 0.1) is 16.7 Å². The second-order valence-electron chi connectivity index (χ2n) is 4.41. The van der Waals surface area contributed by atoms with Crippen LogP contribution in [0.5, 0.6) is 0 Å². The molecule has 0 spiro atoms. The second-order valence-corrected chi connectivity index (χ2v) is 4.41. The lowest BCUT2D eigenvalue weighted by Crippen LogP contribution is -2.44. The van der Waals surface area contributed by atoms with Crippen molar-refractivity contribution in [3.63, 3.8) is 0 Å². The standard InChI is InChI=1S/C13H22N2O4/c1-5-13(2,10-14)12(17)15(8-9-18-3)7-6-11(16)19-4/h5-9H2,1-4H3. The molecule has 1 amide bonds. The lowest BCUT2D eigenvalue weighted by molar-refractivity contribution is -0.143. The Morgan fingerprint density at radius 1 is 1.32 bits per heavy atom. The van der Waals surface area contributed by atoms with E-state index in [1.165, 1.54) is 19.1 Å². The van der Waals surface area contributed by atoms with E-state index in [2.05, 4.69) is 4.74 Å². The van der Waals surface area contributed by atoms with Gasteiger partial charge in [0.05, 0.1) is 26.2 Å². The van der Waals surface area contributed by atoms with Gasteiger partial charge in [0, 0.05) is 20.2 Å². The highest BCUT2D eigenvalue weighted by Crippen LogP contribution is 2.23. The van der Waals surface area contributed by atoms with Crippen LogP contribution in [-0.2, 0) is 19.1 Å². The molecular formula is C13H22N2O4. The zero-order chi connectivity index (χ0) is 14.9. The maximum Gasteiger partial charge on any atom is 0.307 e. The van der Waals surface area contributed by atoms with E-state index in [0.717, 1.165) is 0 Å². The van der Waals surface area contributed by atoms with Crippen molar-refractivity contribution >= 4 is 11.9 Å². The molecule has 0 aliphatic carbocycles. The molecule has 0 radical (unpaired) electrons. The van der Waals surface area contributed by atoms with Gasteiger partial charge in [-0.2, -0.15) is 5.26 Å². The van der Waals surface area contributed by atoms with Crippen molar-refractivity contribution in [1.82, 2.24) is 4.90 Å². The third kappa shape index (κ3) is 5.26. The van der Waals surface area contributed by atoms with E-state index in [4.69, 9.17) is 10.00 Å². The Balaban J connectivity index is 4.78. The highest BCUT2D eigenvalue weighted by molar-refractivity contribution is 5.85. The Morgan fingerprint density at radius 3 is 2.37 bits per heavy atom. The van der Waals surface area contributed by atoms with Gasteiger partial charge in [-0.1, -0.05) is 6.92 Å². The van der Waals surface area contributed by atoms with E-state index in [-0.39, 0.29) is 24.8 Å². The molecule has 0 N–H and O–H groups in total. The van der Waals surface area contributed by atoms with Crippen LogP contribution in [0.4, 0.5) is 0 Å². The Hall–Kier alpha value is -1.61. The van der Waals surface area contributed by atoms with Gasteiger partial charge in [0.1, 0.15) is 5.41 Å². The third-order valence-electron chi connectivity index (χ3n) is 3.09. The van der Waals surface area contributed by atoms with Crippen LogP contribution in [0.3, 0.4) is 0 Å². The largest absolute Gasteiger partial charge is 0.469 e. The number of carbonyl (C=O) groups is 2. The normalized spacial score (nSPS) is 13.2. The molecular weight excluding hydrogens is 248 g/mol. The number of carbonyl (C=O) groups excluding carboxylic acids is 2. The highest BCUT2D eigenvalue weighted by Gasteiger charge is 2.35. The van der Waals surface area contributed by atoms with Gasteiger partial charge in [0.15, 0.2) is 0 Å². The summed E-state index contributed by atoms with van der Waals surface area (Å²) in [5.41, 5.74) is -1.07. The van der Waals surface area contributed by atoms with E-state index >= 15 is 0 Å². The van der Waals surface area contributed by atoms with Gasteiger partial charge in [-0.25, -0.2) is 0 Å². The van der Waals surface area contributed by atoms with Gasteiger partial charge >= 0.3 is 5.97 Å². The summed E-state index contributed by atoms with van der Waals surface area (Å²) in [5.74, 6) is -0.663. The molecule has 0 aliphatic rings. The fourth-order valence-electron chi connectivity index (χ4n) is 1.47. The fourth-order valence-corrected chi connectivity index (χ4v) is 1.47. The monoisotopic (exact) mass is 270 g/mol. The van der Waals surface area contributed by atoms with Crippen molar-refractivity contribution < 1.29 is 19.1 Å². The number of amides is 1. The second kappa shape index (κ2) is 8.48. The molecule has 0 fully saturated rings. The first-order valence-electron chi connectivity index (χ1n) is 6.21. The van der Waals surface area contributed by atoms with Crippen LogP contribution in [0.1, 0.15) is 26.7 Å². The Bertz CT molecular complexity index is 351. The van der Waals surface area contributed by atoms with Gasteiger partial charge in [0.2, 0.25) is 5.91 Å². The first-order chi connectivity index (χ1) is 8.95. The lowest BCUT2D eigenvalue weighted by atomic mass is 9.87. The molecule has 6 nitrogen and oxygen atoms in total. The maximum absolute atomic E-state index is 12.3. The van der Waals surface area contributed by atoms with Crippen molar-refractivity contribution in [3.05, 3.63) is 0 Å². The van der Waals surface area contributed by atoms with E-state index in [0.29, 0.717) is 19.6 Å². The summed E-state index contributed by atoms with van der Waals surface area (Å²) in [6, 6.07) is 2.04. The van der Waals surface area contributed by atoms with Gasteiger partial charge in [-0.3, -0.25) is 9.59 Å².